The summed E-state index contributed by atoms with van der Waals surface area (Å²) >= 11 is 0. The van der Waals surface area contributed by atoms with E-state index in [-0.39, 0.29) is 0 Å². The molecule has 4 rings (SSSR count). The summed E-state index contributed by atoms with van der Waals surface area (Å²) in [6.45, 7) is 19.5. The lowest BCUT2D eigenvalue weighted by Crippen LogP contribution is -2.51. The summed E-state index contributed by atoms with van der Waals surface area (Å²) in [6.07, 6.45) is 3.73. The molecular weight excluding hydrogens is 358 g/mol. The van der Waals surface area contributed by atoms with E-state index in [0.29, 0.717) is 5.92 Å². The second-order valence-corrected chi connectivity index (χ2v) is 15.9. The highest BCUT2D eigenvalue weighted by atomic mass is 28.3. The molecule has 3 heterocycles. The number of fused-ring (bicyclic) bond motifs is 2. The summed E-state index contributed by atoms with van der Waals surface area (Å²) in [5, 5.41) is 5.00. The highest BCUT2D eigenvalue weighted by molar-refractivity contribution is 6.82. The Kier molecular flexibility index (Phi) is 5.49. The molecule has 2 aliphatic heterocycles. The van der Waals surface area contributed by atoms with Gasteiger partial charge in [-0.05, 0) is 58.2 Å². The zero-order chi connectivity index (χ0) is 20.1. The molecule has 3 nitrogen and oxygen atoms in total. The topological polar surface area (TPSA) is 20.2 Å². The van der Waals surface area contributed by atoms with Crippen molar-refractivity contribution in [2.24, 2.45) is 0 Å². The highest BCUT2D eigenvalue weighted by Gasteiger charge is 2.45. The Morgan fingerprint density at radius 3 is 2.36 bits per heavy atom. The molecule has 0 amide bonds. The molecule has 1 aromatic heterocycles. The van der Waals surface area contributed by atoms with E-state index in [4.69, 9.17) is 0 Å². The van der Waals surface area contributed by atoms with Crippen molar-refractivity contribution in [3.8, 4) is 0 Å². The van der Waals surface area contributed by atoms with Crippen molar-refractivity contribution in [2.75, 3.05) is 26.2 Å². The summed E-state index contributed by atoms with van der Waals surface area (Å²) in [6, 6.07) is 10.4. The average molecular weight is 398 g/mol. The molecule has 0 aliphatic carbocycles. The molecule has 2 fully saturated rings. The van der Waals surface area contributed by atoms with Gasteiger partial charge in [0.1, 0.15) is 0 Å². The van der Waals surface area contributed by atoms with Crippen molar-refractivity contribution in [1.29, 1.82) is 0 Å². The molecule has 0 radical (unpaired) electrons. The maximum atomic E-state index is 3.58. The summed E-state index contributed by atoms with van der Waals surface area (Å²) in [5.41, 5.74) is 5.21. The van der Waals surface area contributed by atoms with Crippen LogP contribution in [0, 0.1) is 0 Å². The van der Waals surface area contributed by atoms with Crippen LogP contribution in [0.1, 0.15) is 59.4 Å². The van der Waals surface area contributed by atoms with Crippen molar-refractivity contribution in [3.63, 3.8) is 0 Å². The van der Waals surface area contributed by atoms with Crippen LogP contribution in [0.3, 0.4) is 0 Å². The zero-order valence-electron chi connectivity index (χ0n) is 18.7. The van der Waals surface area contributed by atoms with Gasteiger partial charge in [0.05, 0.1) is 0 Å². The van der Waals surface area contributed by atoms with Crippen LogP contribution in [0.4, 0.5) is 0 Å². The Bertz CT molecular complexity index is 787. The van der Waals surface area contributed by atoms with E-state index in [1.165, 1.54) is 37.0 Å². The minimum atomic E-state index is -1.71. The van der Waals surface area contributed by atoms with Crippen LogP contribution in [-0.2, 0) is 0 Å². The Balaban J connectivity index is 1.76. The maximum absolute atomic E-state index is 3.58. The smallest absolute Gasteiger partial charge is 0.169 e. The average Bonchev–Trinajstić information content (AvgIpc) is 3.25. The fourth-order valence-electron chi connectivity index (χ4n) is 6.77. The molecule has 154 valence electrons. The summed E-state index contributed by atoms with van der Waals surface area (Å²) in [4.78, 5) is 2.71. The van der Waals surface area contributed by atoms with Crippen molar-refractivity contribution in [1.82, 2.24) is 14.4 Å². The molecule has 2 unspecified atom stereocenters. The van der Waals surface area contributed by atoms with Crippen molar-refractivity contribution in [2.45, 2.75) is 76.5 Å². The van der Waals surface area contributed by atoms with Gasteiger partial charge in [0.2, 0.25) is 0 Å². The Labute approximate surface area is 172 Å². The van der Waals surface area contributed by atoms with E-state index in [2.05, 4.69) is 86.5 Å². The van der Waals surface area contributed by atoms with Gasteiger partial charge in [-0.1, -0.05) is 53.7 Å². The third kappa shape index (κ3) is 3.08. The maximum Gasteiger partial charge on any atom is 0.169 e. The molecule has 2 atom stereocenters. The van der Waals surface area contributed by atoms with Gasteiger partial charge in [-0.25, -0.2) is 0 Å². The lowest BCUT2D eigenvalue weighted by Gasteiger charge is -2.44. The number of hydrogen-bond donors (Lipinski definition) is 1. The molecule has 1 aromatic carbocycles. The third-order valence-electron chi connectivity index (χ3n) is 7.86. The number of aromatic nitrogens is 1. The largest absolute Gasteiger partial charge is 0.373 e. The standard InChI is InChI=1S/C24H39N3Si/c1-17(2)28(18(3)4,19(5)6)27-11-9-20-7-8-21(14-24(20)27)22-13-23-15-25-10-12-26(23)16-22/h7-9,11,14,17-19,22-23,25H,10,12-13,15-16H2,1-6H3. The molecule has 0 saturated carbocycles. The zero-order valence-corrected chi connectivity index (χ0v) is 19.7. The number of hydrogen-bond acceptors (Lipinski definition) is 2. The van der Waals surface area contributed by atoms with Gasteiger partial charge in [0.25, 0.3) is 0 Å². The minimum Gasteiger partial charge on any atom is -0.373 e. The molecule has 1 N–H and O–H groups in total. The first-order valence-electron chi connectivity index (χ1n) is 11.4. The fourth-order valence-corrected chi connectivity index (χ4v) is 13.4. The van der Waals surface area contributed by atoms with Crippen LogP contribution in [-0.4, -0.2) is 49.6 Å². The van der Waals surface area contributed by atoms with Gasteiger partial charge < -0.3 is 9.55 Å². The first-order valence-corrected chi connectivity index (χ1v) is 13.6. The second-order valence-electron chi connectivity index (χ2n) is 10.1. The quantitative estimate of drug-likeness (QED) is 0.679. The van der Waals surface area contributed by atoms with E-state index >= 15 is 0 Å². The van der Waals surface area contributed by atoms with Crippen molar-refractivity contribution in [3.05, 3.63) is 36.0 Å². The van der Waals surface area contributed by atoms with Crippen LogP contribution in [0.15, 0.2) is 30.5 Å². The van der Waals surface area contributed by atoms with E-state index in [9.17, 15) is 0 Å². The lowest BCUT2D eigenvalue weighted by atomic mass is 9.95. The second kappa shape index (κ2) is 7.62. The van der Waals surface area contributed by atoms with Crippen LogP contribution in [0.25, 0.3) is 10.9 Å². The minimum absolute atomic E-state index is 0.686. The Morgan fingerprint density at radius 1 is 1.00 bits per heavy atom. The summed E-state index contributed by atoms with van der Waals surface area (Å²) < 4.78 is 2.77. The predicted octanol–water partition coefficient (Wildman–Crippen LogP) is 5.43. The van der Waals surface area contributed by atoms with Crippen LogP contribution >= 0.6 is 0 Å². The first-order chi connectivity index (χ1) is 13.4. The number of piperazine rings is 1. The molecule has 28 heavy (non-hydrogen) atoms. The summed E-state index contributed by atoms with van der Waals surface area (Å²) in [5.74, 6) is 0.686. The number of nitrogens with zero attached hydrogens (tertiary/aromatic N) is 2. The van der Waals surface area contributed by atoms with E-state index in [0.717, 1.165) is 29.2 Å². The molecular formula is C24H39N3Si. The number of benzene rings is 1. The Morgan fingerprint density at radius 2 is 1.71 bits per heavy atom. The van der Waals surface area contributed by atoms with Crippen LogP contribution < -0.4 is 5.32 Å². The summed E-state index contributed by atoms with van der Waals surface area (Å²) in [7, 11) is -1.71. The van der Waals surface area contributed by atoms with Gasteiger partial charge in [-0.2, -0.15) is 0 Å². The van der Waals surface area contributed by atoms with Crippen LogP contribution in [0.5, 0.6) is 0 Å². The van der Waals surface area contributed by atoms with Crippen molar-refractivity contribution < 1.29 is 0 Å². The monoisotopic (exact) mass is 397 g/mol. The van der Waals surface area contributed by atoms with E-state index in [1.807, 2.05) is 0 Å². The molecule has 0 bridgehead atoms. The molecule has 0 spiro atoms. The van der Waals surface area contributed by atoms with Gasteiger partial charge in [-0.3, -0.25) is 4.90 Å². The highest BCUT2D eigenvalue weighted by Crippen LogP contribution is 2.44. The first kappa shape index (κ1) is 20.2. The van der Waals surface area contributed by atoms with E-state index < -0.39 is 8.24 Å². The Hall–Kier alpha value is -1.10. The van der Waals surface area contributed by atoms with Crippen LogP contribution in [0.2, 0.25) is 16.6 Å². The van der Waals surface area contributed by atoms with Gasteiger partial charge in [0.15, 0.2) is 8.24 Å². The number of rotatable bonds is 5. The lowest BCUT2D eigenvalue weighted by molar-refractivity contribution is 0.211. The SMILES string of the molecule is CC(C)[Si](C(C)C)(C(C)C)n1ccc2ccc(C3CC4CNCCN4C3)cc21. The molecule has 2 aromatic rings. The van der Waals surface area contributed by atoms with Gasteiger partial charge in [0, 0.05) is 37.7 Å². The molecule has 2 aliphatic rings. The van der Waals surface area contributed by atoms with Gasteiger partial charge in [-0.15, -0.1) is 0 Å². The molecule has 2 saturated heterocycles. The fraction of sp³-hybridized carbons (Fsp3) is 0.667. The van der Waals surface area contributed by atoms with E-state index in [1.54, 1.807) is 5.56 Å². The van der Waals surface area contributed by atoms with Gasteiger partial charge >= 0.3 is 0 Å². The normalized spacial score (nSPS) is 24.0. The third-order valence-corrected chi connectivity index (χ3v) is 14.6. The molecule has 4 heteroatoms. The predicted molar refractivity (Wildman–Crippen MR) is 124 cm³/mol. The number of nitrogens with one attached hydrogen (secondary N) is 1. The van der Waals surface area contributed by atoms with Crippen molar-refractivity contribution >= 4 is 19.1 Å².